The number of nitrogens with zero attached hydrogens (tertiary/aromatic N) is 2. The fraction of sp³-hybridized carbons (Fsp3) is 0.538. The highest BCUT2D eigenvalue weighted by Gasteiger charge is 2.18. The Bertz CT molecular complexity index is 435. The van der Waals surface area contributed by atoms with Crippen LogP contribution in [0.3, 0.4) is 0 Å². The molecule has 0 radical (unpaired) electrons. The molecule has 0 fully saturated rings. The van der Waals surface area contributed by atoms with Crippen molar-refractivity contribution < 1.29 is 14.8 Å². The van der Waals surface area contributed by atoms with Crippen molar-refractivity contribution in [2.45, 2.75) is 26.9 Å². The molecule has 0 saturated heterocycles. The number of benzene rings is 1. The summed E-state index contributed by atoms with van der Waals surface area (Å²) in [5.74, 6) is 0.258. The number of ether oxygens (including phenoxy) is 1. The molecule has 1 aromatic carbocycles. The minimum atomic E-state index is -0.455. The van der Waals surface area contributed by atoms with E-state index in [1.807, 2.05) is 25.7 Å². The van der Waals surface area contributed by atoms with Crippen LogP contribution in [0.5, 0.6) is 5.75 Å². The minimum absolute atomic E-state index is 0.0329. The molecule has 0 aliphatic carbocycles. The second kappa shape index (κ2) is 6.94. The maximum absolute atomic E-state index is 11.0. The summed E-state index contributed by atoms with van der Waals surface area (Å²) in [4.78, 5) is 12.4. The summed E-state index contributed by atoms with van der Waals surface area (Å²) < 4.78 is 5.49. The molecule has 0 spiro atoms. The van der Waals surface area contributed by atoms with Crippen LogP contribution in [-0.4, -0.2) is 35.8 Å². The van der Waals surface area contributed by atoms with Crippen molar-refractivity contribution >= 4 is 11.4 Å². The van der Waals surface area contributed by atoms with Crippen molar-refractivity contribution in [3.63, 3.8) is 0 Å². The summed E-state index contributed by atoms with van der Waals surface area (Å²) in [6, 6.07) is 4.76. The zero-order valence-electron chi connectivity index (χ0n) is 11.5. The molecule has 0 aliphatic rings. The largest absolute Gasteiger partial charge is 0.484 e. The van der Waals surface area contributed by atoms with Gasteiger partial charge in [0.15, 0.2) is 5.75 Å². The fourth-order valence-electron chi connectivity index (χ4n) is 1.79. The Morgan fingerprint density at radius 2 is 2.16 bits per heavy atom. The molecule has 0 saturated carbocycles. The van der Waals surface area contributed by atoms with E-state index in [4.69, 9.17) is 9.84 Å². The van der Waals surface area contributed by atoms with Crippen LogP contribution < -0.4 is 9.64 Å². The average Bonchev–Trinajstić information content (AvgIpc) is 2.34. The van der Waals surface area contributed by atoms with Crippen LogP contribution in [0.1, 0.15) is 20.8 Å². The number of likely N-dealkylation sites (N-methyl/N-ethyl adjacent to an activating group) is 1. The van der Waals surface area contributed by atoms with Crippen LogP contribution in [0.25, 0.3) is 0 Å². The highest BCUT2D eigenvalue weighted by Crippen LogP contribution is 2.32. The van der Waals surface area contributed by atoms with E-state index < -0.39 is 4.92 Å². The summed E-state index contributed by atoms with van der Waals surface area (Å²) in [5.41, 5.74) is 0.760. The summed E-state index contributed by atoms with van der Waals surface area (Å²) >= 11 is 0. The third kappa shape index (κ3) is 4.10. The van der Waals surface area contributed by atoms with Crippen molar-refractivity contribution in [3.05, 3.63) is 28.3 Å². The molecular formula is C13H20N2O4. The minimum Gasteiger partial charge on any atom is -0.484 e. The molecule has 6 heteroatoms. The second-order valence-corrected chi connectivity index (χ2v) is 4.38. The van der Waals surface area contributed by atoms with Crippen molar-refractivity contribution in [3.8, 4) is 5.75 Å². The average molecular weight is 268 g/mol. The second-order valence-electron chi connectivity index (χ2n) is 4.38. The lowest BCUT2D eigenvalue weighted by Crippen LogP contribution is -2.26. The maximum Gasteiger partial charge on any atom is 0.311 e. The highest BCUT2D eigenvalue weighted by molar-refractivity contribution is 5.59. The van der Waals surface area contributed by atoms with Gasteiger partial charge in [-0.3, -0.25) is 10.1 Å². The monoisotopic (exact) mass is 268 g/mol. The van der Waals surface area contributed by atoms with Gasteiger partial charge >= 0.3 is 5.69 Å². The molecule has 0 atom stereocenters. The molecule has 0 heterocycles. The van der Waals surface area contributed by atoms with E-state index in [-0.39, 0.29) is 24.1 Å². The maximum atomic E-state index is 11.0. The first-order valence-electron chi connectivity index (χ1n) is 6.30. The van der Waals surface area contributed by atoms with E-state index in [0.717, 1.165) is 5.69 Å². The van der Waals surface area contributed by atoms with Crippen LogP contribution in [0.4, 0.5) is 11.4 Å². The first-order chi connectivity index (χ1) is 8.99. The molecule has 0 aromatic heterocycles. The van der Waals surface area contributed by atoms with E-state index in [1.165, 1.54) is 6.07 Å². The lowest BCUT2D eigenvalue weighted by molar-refractivity contribution is -0.386. The van der Waals surface area contributed by atoms with Gasteiger partial charge in [-0.2, -0.15) is 0 Å². The van der Waals surface area contributed by atoms with E-state index in [0.29, 0.717) is 13.1 Å². The zero-order valence-corrected chi connectivity index (χ0v) is 11.5. The molecule has 1 rings (SSSR count). The predicted octanol–water partition coefficient (Wildman–Crippen LogP) is 2.20. The van der Waals surface area contributed by atoms with Gasteiger partial charge in [0.05, 0.1) is 17.6 Å². The number of hydrogen-bond acceptors (Lipinski definition) is 5. The van der Waals surface area contributed by atoms with Gasteiger partial charge in [0, 0.05) is 30.9 Å². The lowest BCUT2D eigenvalue weighted by atomic mass is 10.2. The van der Waals surface area contributed by atoms with Crippen LogP contribution in [0.15, 0.2) is 18.2 Å². The van der Waals surface area contributed by atoms with E-state index in [2.05, 4.69) is 0 Å². The number of nitro groups is 1. The van der Waals surface area contributed by atoms with Crippen LogP contribution in [-0.2, 0) is 0 Å². The Morgan fingerprint density at radius 1 is 1.47 bits per heavy atom. The van der Waals surface area contributed by atoms with Gasteiger partial charge in [-0.05, 0) is 26.8 Å². The molecular weight excluding hydrogens is 248 g/mol. The summed E-state index contributed by atoms with van der Waals surface area (Å²) in [6.07, 6.45) is -0.137. The number of rotatable bonds is 7. The molecule has 19 heavy (non-hydrogen) atoms. The number of aliphatic hydroxyl groups is 1. The Hall–Kier alpha value is -1.82. The molecule has 1 N–H and O–H groups in total. The molecule has 6 nitrogen and oxygen atoms in total. The quantitative estimate of drug-likeness (QED) is 0.606. The first-order valence-corrected chi connectivity index (χ1v) is 6.30. The third-order valence-electron chi connectivity index (χ3n) is 2.62. The highest BCUT2D eigenvalue weighted by atomic mass is 16.6. The summed E-state index contributed by atoms with van der Waals surface area (Å²) in [6.45, 7) is 6.82. The van der Waals surface area contributed by atoms with Gasteiger partial charge in [0.25, 0.3) is 0 Å². The van der Waals surface area contributed by atoms with Crippen LogP contribution in [0, 0.1) is 10.1 Å². The van der Waals surface area contributed by atoms with Crippen molar-refractivity contribution in [1.82, 2.24) is 0 Å². The molecule has 0 aliphatic heterocycles. The SMILES string of the molecule is CCN(CCO)c1ccc([N+](=O)[O-])c(OC(C)C)c1. The molecule has 106 valence electrons. The van der Waals surface area contributed by atoms with E-state index in [9.17, 15) is 10.1 Å². The molecule has 0 unspecified atom stereocenters. The van der Waals surface area contributed by atoms with Crippen molar-refractivity contribution in [2.24, 2.45) is 0 Å². The van der Waals surface area contributed by atoms with Gasteiger partial charge in [-0.25, -0.2) is 0 Å². The zero-order chi connectivity index (χ0) is 14.4. The van der Waals surface area contributed by atoms with Gasteiger partial charge in [0.2, 0.25) is 0 Å². The Morgan fingerprint density at radius 3 is 2.63 bits per heavy atom. The van der Waals surface area contributed by atoms with E-state index >= 15 is 0 Å². The Balaban J connectivity index is 3.12. The number of hydrogen-bond donors (Lipinski definition) is 1. The topological polar surface area (TPSA) is 75.8 Å². The lowest BCUT2D eigenvalue weighted by Gasteiger charge is -2.22. The van der Waals surface area contributed by atoms with Gasteiger partial charge < -0.3 is 14.7 Å². The summed E-state index contributed by atoms with van der Waals surface area (Å²) in [7, 11) is 0. The number of nitro benzene ring substituents is 1. The van der Waals surface area contributed by atoms with Crippen LogP contribution >= 0.6 is 0 Å². The third-order valence-corrected chi connectivity index (χ3v) is 2.62. The first kappa shape index (κ1) is 15.2. The standard InChI is InChI=1S/C13H20N2O4/c1-4-14(7-8-16)11-5-6-12(15(17)18)13(9-11)19-10(2)3/h5-6,9-10,16H,4,7-8H2,1-3H3. The van der Waals surface area contributed by atoms with Crippen molar-refractivity contribution in [2.75, 3.05) is 24.6 Å². The van der Waals surface area contributed by atoms with Gasteiger partial charge in [0.1, 0.15) is 0 Å². The van der Waals surface area contributed by atoms with Gasteiger partial charge in [-0.1, -0.05) is 0 Å². The van der Waals surface area contributed by atoms with Crippen molar-refractivity contribution in [1.29, 1.82) is 0 Å². The van der Waals surface area contributed by atoms with Gasteiger partial charge in [-0.15, -0.1) is 0 Å². The summed E-state index contributed by atoms with van der Waals surface area (Å²) in [5, 5.41) is 20.0. The molecule has 0 amide bonds. The van der Waals surface area contributed by atoms with E-state index in [1.54, 1.807) is 12.1 Å². The molecule has 1 aromatic rings. The fourth-order valence-corrected chi connectivity index (χ4v) is 1.79. The normalized spacial score (nSPS) is 10.6. The Labute approximate surface area is 112 Å². The smallest absolute Gasteiger partial charge is 0.311 e. The Kier molecular flexibility index (Phi) is 5.57. The van der Waals surface area contributed by atoms with Crippen LogP contribution in [0.2, 0.25) is 0 Å². The molecule has 0 bridgehead atoms. The number of aliphatic hydroxyl groups excluding tert-OH is 1. The number of anilines is 1. The predicted molar refractivity (Wildman–Crippen MR) is 73.8 cm³/mol.